The fourth-order valence-corrected chi connectivity index (χ4v) is 5.48. The lowest BCUT2D eigenvalue weighted by atomic mass is 10.2. The summed E-state index contributed by atoms with van der Waals surface area (Å²) in [5.74, 6) is -0.836. The normalized spacial score (nSPS) is 16.2. The molecule has 3 rings (SSSR count). The van der Waals surface area contributed by atoms with Crippen LogP contribution < -0.4 is 13.8 Å². The van der Waals surface area contributed by atoms with Crippen molar-refractivity contribution in [3.63, 3.8) is 0 Å². The smallest absolute Gasteiger partial charge is 0.265 e. The molecule has 0 unspecified atom stereocenters. The highest BCUT2D eigenvalue weighted by molar-refractivity contribution is 7.94. The molecule has 1 fully saturated rings. The van der Waals surface area contributed by atoms with E-state index >= 15 is 0 Å². The summed E-state index contributed by atoms with van der Waals surface area (Å²) in [6.45, 7) is 3.79. The number of anilines is 2. The third kappa shape index (κ3) is 3.97. The molecule has 1 N–H and O–H groups in total. The van der Waals surface area contributed by atoms with Gasteiger partial charge in [-0.2, -0.15) is 0 Å². The van der Waals surface area contributed by atoms with E-state index in [4.69, 9.17) is 4.74 Å². The van der Waals surface area contributed by atoms with Gasteiger partial charge in [0.15, 0.2) is 0 Å². The number of hydrogen-bond donors (Lipinski definition) is 1. The zero-order chi connectivity index (χ0) is 20.5. The topological polar surface area (TPSA) is 110 Å². The standard InChI is InChI=1S/C18H20N2O6S2/c1-3-26-16-9-8-15(20-18(21)10-11-27(20,22)23)12-17(16)28(24,25)19-14-6-4-13(2)5-7-14/h4-9,12,19H,3,10-11H2,1-2H3. The maximum Gasteiger partial charge on any atom is 0.265 e. The lowest BCUT2D eigenvalue weighted by Crippen LogP contribution is -2.29. The first kappa shape index (κ1) is 20.2. The zero-order valence-electron chi connectivity index (χ0n) is 15.4. The van der Waals surface area contributed by atoms with Gasteiger partial charge in [-0.25, -0.2) is 21.1 Å². The van der Waals surface area contributed by atoms with Crippen LogP contribution in [0.3, 0.4) is 0 Å². The van der Waals surface area contributed by atoms with E-state index in [0.717, 1.165) is 11.6 Å². The van der Waals surface area contributed by atoms with E-state index in [1.165, 1.54) is 12.1 Å². The number of nitrogens with zero attached hydrogens (tertiary/aromatic N) is 1. The summed E-state index contributed by atoms with van der Waals surface area (Å²) < 4.78 is 58.7. The zero-order valence-corrected chi connectivity index (χ0v) is 17.0. The minimum absolute atomic E-state index is 0.0322. The van der Waals surface area contributed by atoms with Gasteiger partial charge >= 0.3 is 0 Å². The number of aryl methyl sites for hydroxylation is 1. The number of carbonyl (C=O) groups is 1. The van der Waals surface area contributed by atoms with E-state index < -0.39 is 26.0 Å². The van der Waals surface area contributed by atoms with Crippen molar-refractivity contribution in [3.8, 4) is 5.75 Å². The van der Waals surface area contributed by atoms with E-state index in [0.29, 0.717) is 9.99 Å². The van der Waals surface area contributed by atoms with Crippen LogP contribution in [-0.2, 0) is 24.8 Å². The van der Waals surface area contributed by atoms with E-state index in [-0.39, 0.29) is 35.1 Å². The maximum atomic E-state index is 12.9. The Balaban J connectivity index is 2.07. The lowest BCUT2D eigenvalue weighted by Gasteiger charge is -2.18. The molecule has 0 atom stereocenters. The molecule has 0 saturated carbocycles. The van der Waals surface area contributed by atoms with Gasteiger partial charge in [-0.05, 0) is 44.2 Å². The molecular formula is C18H20N2O6S2. The monoisotopic (exact) mass is 424 g/mol. The third-order valence-electron chi connectivity index (χ3n) is 4.13. The van der Waals surface area contributed by atoms with Crippen molar-refractivity contribution in [1.29, 1.82) is 0 Å². The van der Waals surface area contributed by atoms with Gasteiger partial charge in [0.25, 0.3) is 10.0 Å². The van der Waals surface area contributed by atoms with E-state index in [9.17, 15) is 21.6 Å². The Hall–Kier alpha value is -2.59. The molecule has 1 aliphatic heterocycles. The Morgan fingerprint density at radius 1 is 1.14 bits per heavy atom. The van der Waals surface area contributed by atoms with Gasteiger partial charge in [-0.3, -0.25) is 9.52 Å². The largest absolute Gasteiger partial charge is 0.492 e. The number of ether oxygens (including phenoxy) is 1. The highest BCUT2D eigenvalue weighted by Crippen LogP contribution is 2.33. The van der Waals surface area contributed by atoms with Gasteiger partial charge in [-0.1, -0.05) is 17.7 Å². The molecule has 2 aromatic rings. The van der Waals surface area contributed by atoms with Gasteiger partial charge in [-0.15, -0.1) is 0 Å². The first-order valence-corrected chi connectivity index (χ1v) is 11.7. The van der Waals surface area contributed by atoms with Crippen molar-refractivity contribution in [2.75, 3.05) is 21.4 Å². The number of sulfonamides is 2. The molecule has 0 radical (unpaired) electrons. The second-order valence-corrected chi connectivity index (χ2v) is 9.85. The Morgan fingerprint density at radius 3 is 2.39 bits per heavy atom. The molecule has 1 amide bonds. The van der Waals surface area contributed by atoms with Crippen molar-refractivity contribution in [3.05, 3.63) is 48.0 Å². The van der Waals surface area contributed by atoms with Gasteiger partial charge in [0.1, 0.15) is 10.6 Å². The van der Waals surface area contributed by atoms with Gasteiger partial charge < -0.3 is 4.74 Å². The Bertz CT molecular complexity index is 1110. The number of carbonyl (C=O) groups excluding carboxylic acids is 1. The van der Waals surface area contributed by atoms with Gasteiger partial charge in [0.05, 0.1) is 18.0 Å². The van der Waals surface area contributed by atoms with Crippen LogP contribution in [-0.4, -0.2) is 35.1 Å². The average molecular weight is 425 g/mol. The lowest BCUT2D eigenvalue weighted by molar-refractivity contribution is -0.116. The van der Waals surface area contributed by atoms with Crippen LogP contribution in [0.2, 0.25) is 0 Å². The van der Waals surface area contributed by atoms with Crippen LogP contribution in [0.15, 0.2) is 47.4 Å². The summed E-state index contributed by atoms with van der Waals surface area (Å²) in [6.07, 6.45) is -0.140. The van der Waals surface area contributed by atoms with Crippen molar-refractivity contribution >= 4 is 37.3 Å². The van der Waals surface area contributed by atoms with Crippen molar-refractivity contribution in [1.82, 2.24) is 0 Å². The molecule has 0 bridgehead atoms. The molecule has 1 heterocycles. The average Bonchev–Trinajstić information content (AvgIpc) is 2.90. The second-order valence-electron chi connectivity index (χ2n) is 6.26. The summed E-state index contributed by atoms with van der Waals surface area (Å²) >= 11 is 0. The number of nitrogens with one attached hydrogen (secondary N) is 1. The number of hydrogen-bond acceptors (Lipinski definition) is 6. The Kier molecular flexibility index (Phi) is 5.35. The molecule has 0 aliphatic carbocycles. The summed E-state index contributed by atoms with van der Waals surface area (Å²) in [7, 11) is -7.91. The first-order valence-electron chi connectivity index (χ1n) is 8.56. The van der Waals surface area contributed by atoms with Crippen molar-refractivity contribution < 1.29 is 26.4 Å². The molecule has 2 aromatic carbocycles. The van der Waals surface area contributed by atoms with Crippen molar-refractivity contribution in [2.24, 2.45) is 0 Å². The predicted molar refractivity (Wildman–Crippen MR) is 105 cm³/mol. The fraction of sp³-hybridized carbons (Fsp3) is 0.278. The quantitative estimate of drug-likeness (QED) is 0.762. The molecule has 150 valence electrons. The van der Waals surface area contributed by atoms with Crippen LogP contribution in [0.4, 0.5) is 11.4 Å². The summed E-state index contributed by atoms with van der Waals surface area (Å²) in [5.41, 5.74) is 1.29. The van der Waals surface area contributed by atoms with Gasteiger partial charge in [0.2, 0.25) is 15.9 Å². The Labute approximate surface area is 164 Å². The molecule has 1 aliphatic rings. The highest BCUT2D eigenvalue weighted by atomic mass is 32.2. The predicted octanol–water partition coefficient (Wildman–Crippen LogP) is 2.26. The summed E-state index contributed by atoms with van der Waals surface area (Å²) in [4.78, 5) is 11.8. The molecule has 28 heavy (non-hydrogen) atoms. The number of benzene rings is 2. The second kappa shape index (κ2) is 7.44. The van der Waals surface area contributed by atoms with Crippen LogP contribution in [0, 0.1) is 6.92 Å². The minimum Gasteiger partial charge on any atom is -0.492 e. The number of amides is 1. The molecule has 0 aromatic heterocycles. The van der Waals surface area contributed by atoms with Crippen LogP contribution in [0.5, 0.6) is 5.75 Å². The highest BCUT2D eigenvalue weighted by Gasteiger charge is 2.37. The van der Waals surface area contributed by atoms with E-state index in [2.05, 4.69) is 4.72 Å². The molecule has 1 saturated heterocycles. The van der Waals surface area contributed by atoms with Gasteiger partial charge in [0, 0.05) is 12.1 Å². The molecular weight excluding hydrogens is 404 g/mol. The van der Waals surface area contributed by atoms with E-state index in [1.54, 1.807) is 31.2 Å². The fourth-order valence-electron chi connectivity index (χ4n) is 2.81. The first-order chi connectivity index (χ1) is 13.1. The summed E-state index contributed by atoms with van der Waals surface area (Å²) in [5, 5.41) is 0. The molecule has 10 heteroatoms. The van der Waals surface area contributed by atoms with Crippen molar-refractivity contribution in [2.45, 2.75) is 25.2 Å². The minimum atomic E-state index is -4.09. The number of rotatable bonds is 6. The third-order valence-corrected chi connectivity index (χ3v) is 7.23. The van der Waals surface area contributed by atoms with Crippen LogP contribution in [0.1, 0.15) is 18.9 Å². The van der Waals surface area contributed by atoms with Crippen LogP contribution >= 0.6 is 0 Å². The SMILES string of the molecule is CCOc1ccc(N2C(=O)CCS2(=O)=O)cc1S(=O)(=O)Nc1ccc(C)cc1. The van der Waals surface area contributed by atoms with E-state index in [1.807, 2.05) is 6.92 Å². The molecule has 8 nitrogen and oxygen atoms in total. The molecule has 0 spiro atoms. The summed E-state index contributed by atoms with van der Waals surface area (Å²) in [6, 6.07) is 10.6. The maximum absolute atomic E-state index is 12.9. The Morgan fingerprint density at radius 2 is 1.82 bits per heavy atom. The van der Waals surface area contributed by atoms with Crippen LogP contribution in [0.25, 0.3) is 0 Å².